The van der Waals surface area contributed by atoms with Crippen LogP contribution in [0, 0.1) is 0 Å². The highest BCUT2D eigenvalue weighted by Gasteiger charge is 2.28. The van der Waals surface area contributed by atoms with Gasteiger partial charge in [-0.2, -0.15) is 0 Å². The molecule has 0 aliphatic carbocycles. The first-order chi connectivity index (χ1) is 10.4. The number of hydrogen-bond acceptors (Lipinski definition) is 6. The molecule has 0 bridgehead atoms. The van der Waals surface area contributed by atoms with Crippen molar-refractivity contribution in [1.29, 1.82) is 0 Å². The van der Waals surface area contributed by atoms with Crippen LogP contribution in [0.4, 0.5) is 4.79 Å². The first-order valence-corrected chi connectivity index (χ1v) is 7.33. The Bertz CT molecular complexity index is 528. The molecule has 0 spiro atoms. The topological polar surface area (TPSA) is 73.8 Å². The lowest BCUT2D eigenvalue weighted by Crippen LogP contribution is -2.40. The molecular weight excluding hydrogens is 286 g/mol. The number of carbonyl (C=O) groups excluding carboxylic acids is 1. The molecule has 122 valence electrons. The predicted octanol–water partition coefficient (Wildman–Crippen LogP) is 1.80. The van der Waals surface area contributed by atoms with E-state index in [0.29, 0.717) is 38.6 Å². The van der Waals surface area contributed by atoms with Gasteiger partial charge in [0, 0.05) is 19.2 Å². The van der Waals surface area contributed by atoms with Crippen LogP contribution in [0.2, 0.25) is 0 Å². The monoisotopic (exact) mass is 309 g/mol. The van der Waals surface area contributed by atoms with Gasteiger partial charge in [-0.15, -0.1) is 0 Å². The molecule has 0 fully saturated rings. The van der Waals surface area contributed by atoms with Crippen molar-refractivity contribution in [2.75, 3.05) is 26.9 Å². The van der Waals surface area contributed by atoms with Crippen LogP contribution < -0.4 is 4.74 Å². The molecule has 1 aromatic rings. The van der Waals surface area contributed by atoms with Gasteiger partial charge in [0.25, 0.3) is 0 Å². The molecule has 1 amide bonds. The zero-order valence-electron chi connectivity index (χ0n) is 13.6. The summed E-state index contributed by atoms with van der Waals surface area (Å²) in [5.41, 5.74) is 1.26. The fourth-order valence-corrected chi connectivity index (χ4v) is 2.15. The van der Waals surface area contributed by atoms with E-state index < -0.39 is 5.60 Å². The van der Waals surface area contributed by atoms with Crippen molar-refractivity contribution in [2.24, 2.45) is 0 Å². The number of fused-ring (bicyclic) bond motifs is 1. The number of carbonyl (C=O) groups is 1. The van der Waals surface area contributed by atoms with Crippen LogP contribution >= 0.6 is 0 Å². The number of hydrogen-bond donors (Lipinski definition) is 0. The summed E-state index contributed by atoms with van der Waals surface area (Å²) >= 11 is 0. The van der Waals surface area contributed by atoms with Gasteiger partial charge in [0.1, 0.15) is 18.5 Å². The number of amides is 1. The maximum absolute atomic E-state index is 12.1. The Kier molecular flexibility index (Phi) is 5.18. The lowest BCUT2D eigenvalue weighted by atomic mass is 10.1. The highest BCUT2D eigenvalue weighted by Crippen LogP contribution is 2.25. The summed E-state index contributed by atoms with van der Waals surface area (Å²) in [6, 6.07) is 0. The zero-order chi connectivity index (χ0) is 16.2. The van der Waals surface area contributed by atoms with Crippen LogP contribution in [-0.4, -0.2) is 53.4 Å². The zero-order valence-corrected chi connectivity index (χ0v) is 13.6. The number of ether oxygens (including phenoxy) is 3. The highest BCUT2D eigenvalue weighted by atomic mass is 16.6. The molecule has 0 radical (unpaired) electrons. The second-order valence-corrected chi connectivity index (χ2v) is 6.10. The minimum absolute atomic E-state index is 0.321. The van der Waals surface area contributed by atoms with E-state index >= 15 is 0 Å². The summed E-state index contributed by atoms with van der Waals surface area (Å²) in [5.74, 6) is 0.575. The van der Waals surface area contributed by atoms with Crippen LogP contribution in [0.1, 0.15) is 32.0 Å². The van der Waals surface area contributed by atoms with Crippen molar-refractivity contribution >= 4 is 6.09 Å². The Balaban J connectivity index is 2.05. The smallest absolute Gasteiger partial charge is 0.410 e. The van der Waals surface area contributed by atoms with Gasteiger partial charge in [-0.05, 0) is 27.2 Å². The average Bonchev–Trinajstić information content (AvgIpc) is 2.45. The lowest BCUT2D eigenvalue weighted by molar-refractivity contribution is 0.0219. The van der Waals surface area contributed by atoms with Gasteiger partial charge in [-0.25, -0.2) is 14.8 Å². The molecule has 0 unspecified atom stereocenters. The Morgan fingerprint density at radius 1 is 1.32 bits per heavy atom. The van der Waals surface area contributed by atoms with Crippen LogP contribution in [0.3, 0.4) is 0 Å². The lowest BCUT2D eigenvalue weighted by Gasteiger charge is -2.30. The van der Waals surface area contributed by atoms with E-state index in [2.05, 4.69) is 9.97 Å². The number of methoxy groups -OCH3 is 1. The van der Waals surface area contributed by atoms with Gasteiger partial charge in [0.05, 0.1) is 18.8 Å². The highest BCUT2D eigenvalue weighted by molar-refractivity contribution is 5.68. The van der Waals surface area contributed by atoms with Crippen LogP contribution in [0.5, 0.6) is 5.88 Å². The van der Waals surface area contributed by atoms with E-state index in [1.54, 1.807) is 12.0 Å². The molecule has 1 aromatic heterocycles. The minimum atomic E-state index is -0.503. The van der Waals surface area contributed by atoms with Crippen molar-refractivity contribution in [3.63, 3.8) is 0 Å². The molecule has 0 atom stereocenters. The average molecular weight is 309 g/mol. The van der Waals surface area contributed by atoms with Gasteiger partial charge >= 0.3 is 6.09 Å². The number of rotatable bonds is 4. The molecule has 7 heteroatoms. The largest absolute Gasteiger partial charge is 0.475 e. The Morgan fingerprint density at radius 3 is 2.77 bits per heavy atom. The van der Waals surface area contributed by atoms with Gasteiger partial charge in [0.15, 0.2) is 0 Å². The summed E-state index contributed by atoms with van der Waals surface area (Å²) in [7, 11) is 1.62. The van der Waals surface area contributed by atoms with E-state index in [0.717, 1.165) is 11.3 Å². The summed E-state index contributed by atoms with van der Waals surface area (Å²) in [6.07, 6.45) is 1.79. The first-order valence-electron chi connectivity index (χ1n) is 7.33. The summed E-state index contributed by atoms with van der Waals surface area (Å²) in [4.78, 5) is 22.2. The molecule has 7 nitrogen and oxygen atoms in total. The van der Waals surface area contributed by atoms with Crippen LogP contribution in [-0.2, 0) is 22.4 Å². The number of aromatic nitrogens is 2. The third kappa shape index (κ3) is 4.30. The molecule has 2 heterocycles. The first kappa shape index (κ1) is 16.5. The molecule has 0 N–H and O–H groups in total. The van der Waals surface area contributed by atoms with Crippen molar-refractivity contribution in [1.82, 2.24) is 14.9 Å². The minimum Gasteiger partial charge on any atom is -0.475 e. The molecular formula is C15H23N3O4. The van der Waals surface area contributed by atoms with E-state index in [9.17, 15) is 4.79 Å². The Hall–Kier alpha value is -1.89. The van der Waals surface area contributed by atoms with Crippen LogP contribution in [0.15, 0.2) is 6.33 Å². The summed E-state index contributed by atoms with van der Waals surface area (Å²) in [6.45, 7) is 7.48. The van der Waals surface area contributed by atoms with Gasteiger partial charge in [0.2, 0.25) is 5.88 Å². The van der Waals surface area contributed by atoms with E-state index in [-0.39, 0.29) is 6.09 Å². The molecule has 22 heavy (non-hydrogen) atoms. The van der Waals surface area contributed by atoms with E-state index in [1.807, 2.05) is 20.8 Å². The molecule has 0 aromatic carbocycles. The van der Waals surface area contributed by atoms with Crippen molar-refractivity contribution < 1.29 is 19.0 Å². The quantitative estimate of drug-likeness (QED) is 0.790. The summed E-state index contributed by atoms with van der Waals surface area (Å²) < 4.78 is 16.0. The molecule has 0 saturated carbocycles. The molecule has 1 aliphatic rings. The van der Waals surface area contributed by atoms with E-state index in [4.69, 9.17) is 14.2 Å². The van der Waals surface area contributed by atoms with Gasteiger partial charge in [-0.1, -0.05) is 0 Å². The van der Waals surface area contributed by atoms with Gasteiger partial charge < -0.3 is 19.1 Å². The fraction of sp³-hybridized carbons (Fsp3) is 0.667. The van der Waals surface area contributed by atoms with Crippen LogP contribution in [0.25, 0.3) is 0 Å². The molecule has 2 rings (SSSR count). The maximum Gasteiger partial charge on any atom is 0.410 e. The Morgan fingerprint density at radius 2 is 2.09 bits per heavy atom. The summed E-state index contributed by atoms with van der Waals surface area (Å²) in [5, 5.41) is 0. The standard InChI is InChI=1S/C15H23N3O4/c1-15(2,3)22-14(19)18-6-5-11-12(9-18)16-10-17-13(11)21-8-7-20-4/h10H,5-9H2,1-4H3. The normalized spacial score (nSPS) is 14.5. The third-order valence-corrected chi connectivity index (χ3v) is 3.15. The predicted molar refractivity (Wildman–Crippen MR) is 79.8 cm³/mol. The Labute approximate surface area is 130 Å². The number of nitrogens with zero attached hydrogens (tertiary/aromatic N) is 3. The van der Waals surface area contributed by atoms with Crippen molar-refractivity contribution in [2.45, 2.75) is 39.3 Å². The SMILES string of the molecule is COCCOc1ncnc2c1CCN(C(=O)OC(C)(C)C)C2. The van der Waals surface area contributed by atoms with Crippen molar-refractivity contribution in [3.8, 4) is 5.88 Å². The van der Waals surface area contributed by atoms with Gasteiger partial charge in [-0.3, -0.25) is 0 Å². The molecule has 1 aliphatic heterocycles. The molecule has 0 saturated heterocycles. The second-order valence-electron chi connectivity index (χ2n) is 6.10. The second kappa shape index (κ2) is 6.91. The van der Waals surface area contributed by atoms with E-state index in [1.165, 1.54) is 6.33 Å². The maximum atomic E-state index is 12.1. The fourth-order valence-electron chi connectivity index (χ4n) is 2.15. The van der Waals surface area contributed by atoms with Crippen molar-refractivity contribution in [3.05, 3.63) is 17.6 Å². The third-order valence-electron chi connectivity index (χ3n) is 3.15.